The summed E-state index contributed by atoms with van der Waals surface area (Å²) < 4.78 is 25.4. The fraction of sp³-hybridized carbons (Fsp3) is 0.500. The zero-order valence-corrected chi connectivity index (χ0v) is 12.4. The van der Waals surface area contributed by atoms with Crippen LogP contribution in [-0.2, 0) is 10.0 Å². The third-order valence-electron chi connectivity index (χ3n) is 4.12. The molecule has 1 fully saturated rings. The van der Waals surface area contributed by atoms with Crippen LogP contribution in [-0.4, -0.2) is 41.5 Å². The number of piperidine rings is 1. The molecule has 1 saturated heterocycles. The number of aromatic nitrogens is 2. The van der Waals surface area contributed by atoms with Gasteiger partial charge in [-0.05, 0) is 43.4 Å². The van der Waals surface area contributed by atoms with Crippen LogP contribution in [0.1, 0.15) is 31.2 Å². The summed E-state index contributed by atoms with van der Waals surface area (Å²) >= 11 is 0. The zero-order chi connectivity index (χ0) is 14.2. The Kier molecular flexibility index (Phi) is 3.52. The fourth-order valence-electron chi connectivity index (χ4n) is 2.91. The molecular weight excluding hydrogens is 274 g/mol. The van der Waals surface area contributed by atoms with Crippen molar-refractivity contribution < 1.29 is 8.42 Å². The smallest absolute Gasteiger partial charge is 0.213 e. The Hall–Kier alpha value is -1.40. The number of hydrogen-bond donors (Lipinski definition) is 1. The highest BCUT2D eigenvalue weighted by Gasteiger charge is 2.28. The number of pyridine rings is 1. The zero-order valence-electron chi connectivity index (χ0n) is 11.5. The average molecular weight is 293 g/mol. The first kappa shape index (κ1) is 13.6. The predicted molar refractivity (Wildman–Crippen MR) is 79.1 cm³/mol. The molecule has 20 heavy (non-hydrogen) atoms. The predicted octanol–water partition coefficient (Wildman–Crippen LogP) is 2.09. The largest absolute Gasteiger partial charge is 0.360 e. The monoisotopic (exact) mass is 293 g/mol. The Morgan fingerprint density at radius 3 is 2.85 bits per heavy atom. The Balaban J connectivity index is 1.79. The summed E-state index contributed by atoms with van der Waals surface area (Å²) in [6, 6.07) is 3.93. The molecule has 0 spiro atoms. The van der Waals surface area contributed by atoms with Gasteiger partial charge in [0.1, 0.15) is 0 Å². The molecular formula is C14H19N3O2S. The molecule has 0 atom stereocenters. The molecule has 1 aliphatic rings. The third-order valence-corrected chi connectivity index (χ3v) is 6.00. The first-order chi connectivity index (χ1) is 9.62. The fourth-order valence-corrected chi connectivity index (χ4v) is 4.05. The van der Waals surface area contributed by atoms with Crippen LogP contribution < -0.4 is 0 Å². The average Bonchev–Trinajstić information content (AvgIpc) is 2.91. The molecule has 2 aromatic rings. The minimum atomic E-state index is -3.05. The molecule has 0 radical (unpaired) electrons. The van der Waals surface area contributed by atoms with Crippen molar-refractivity contribution in [1.82, 2.24) is 14.3 Å². The van der Waals surface area contributed by atoms with Gasteiger partial charge in [0, 0.05) is 25.5 Å². The molecule has 0 unspecified atom stereocenters. The maximum absolute atomic E-state index is 11.9. The van der Waals surface area contributed by atoms with Gasteiger partial charge in [0.2, 0.25) is 10.0 Å². The van der Waals surface area contributed by atoms with E-state index in [0.717, 1.165) is 23.9 Å². The van der Waals surface area contributed by atoms with Gasteiger partial charge in [-0.3, -0.25) is 4.98 Å². The highest BCUT2D eigenvalue weighted by atomic mass is 32.2. The first-order valence-electron chi connectivity index (χ1n) is 7.01. The number of nitrogens with zero attached hydrogens (tertiary/aromatic N) is 2. The van der Waals surface area contributed by atoms with E-state index in [1.165, 1.54) is 5.56 Å². The summed E-state index contributed by atoms with van der Waals surface area (Å²) in [5.74, 6) is 0.578. The van der Waals surface area contributed by atoms with Gasteiger partial charge < -0.3 is 4.98 Å². The molecule has 0 bridgehead atoms. The molecule has 1 N–H and O–H groups in total. The van der Waals surface area contributed by atoms with Gasteiger partial charge in [0.05, 0.1) is 16.8 Å². The molecule has 3 rings (SSSR count). The summed E-state index contributed by atoms with van der Waals surface area (Å²) in [5.41, 5.74) is 3.28. The minimum absolute atomic E-state index is 0.187. The Bertz CT molecular complexity index is 700. The van der Waals surface area contributed by atoms with Crippen LogP contribution in [0.4, 0.5) is 0 Å². The maximum atomic E-state index is 11.9. The summed E-state index contributed by atoms with van der Waals surface area (Å²) in [7, 11) is -3.05. The molecule has 5 nitrogen and oxygen atoms in total. The van der Waals surface area contributed by atoms with E-state index in [4.69, 9.17) is 0 Å². The van der Waals surface area contributed by atoms with Crippen molar-refractivity contribution in [2.75, 3.05) is 18.8 Å². The summed E-state index contributed by atoms with van der Waals surface area (Å²) in [4.78, 5) is 7.68. The SMILES string of the molecule is CCS(=O)(=O)N1CCC(c2c[nH]c3cccnc23)CC1. The summed E-state index contributed by atoms with van der Waals surface area (Å²) in [5, 5.41) is 0. The van der Waals surface area contributed by atoms with Crippen molar-refractivity contribution in [2.24, 2.45) is 0 Å². The van der Waals surface area contributed by atoms with E-state index in [2.05, 4.69) is 9.97 Å². The van der Waals surface area contributed by atoms with E-state index < -0.39 is 10.0 Å². The topological polar surface area (TPSA) is 66.1 Å². The highest BCUT2D eigenvalue weighted by molar-refractivity contribution is 7.89. The van der Waals surface area contributed by atoms with Gasteiger partial charge in [-0.1, -0.05) is 0 Å². The van der Waals surface area contributed by atoms with Crippen LogP contribution >= 0.6 is 0 Å². The molecule has 2 aromatic heterocycles. The van der Waals surface area contributed by atoms with Crippen molar-refractivity contribution >= 4 is 21.1 Å². The summed E-state index contributed by atoms with van der Waals surface area (Å²) in [6.07, 6.45) is 5.55. The number of rotatable bonds is 3. The third kappa shape index (κ3) is 2.33. The van der Waals surface area contributed by atoms with Gasteiger partial charge >= 0.3 is 0 Å². The molecule has 0 amide bonds. The van der Waals surface area contributed by atoms with Crippen LogP contribution in [0.25, 0.3) is 11.0 Å². The van der Waals surface area contributed by atoms with Gasteiger partial charge in [-0.2, -0.15) is 0 Å². The Morgan fingerprint density at radius 1 is 1.40 bits per heavy atom. The van der Waals surface area contributed by atoms with Crippen molar-refractivity contribution in [3.63, 3.8) is 0 Å². The molecule has 0 aliphatic carbocycles. The molecule has 0 saturated carbocycles. The van der Waals surface area contributed by atoms with Crippen LogP contribution in [0.2, 0.25) is 0 Å². The second-order valence-electron chi connectivity index (χ2n) is 5.22. The van der Waals surface area contributed by atoms with E-state index in [1.54, 1.807) is 17.4 Å². The van der Waals surface area contributed by atoms with Gasteiger partial charge in [-0.25, -0.2) is 12.7 Å². The lowest BCUT2D eigenvalue weighted by molar-refractivity contribution is 0.320. The standard InChI is InChI=1S/C14H19N3O2S/c1-2-20(18,19)17-8-5-11(6-9-17)12-10-16-13-4-3-7-15-14(12)13/h3-4,7,10-11,16H,2,5-6,8-9H2,1H3. The maximum Gasteiger partial charge on any atom is 0.213 e. The quantitative estimate of drug-likeness (QED) is 0.942. The van der Waals surface area contributed by atoms with Crippen LogP contribution in [0.3, 0.4) is 0 Å². The molecule has 3 heterocycles. The van der Waals surface area contributed by atoms with E-state index in [9.17, 15) is 8.42 Å². The number of hydrogen-bond acceptors (Lipinski definition) is 3. The Morgan fingerprint density at radius 2 is 2.15 bits per heavy atom. The van der Waals surface area contributed by atoms with Crippen molar-refractivity contribution in [2.45, 2.75) is 25.7 Å². The van der Waals surface area contributed by atoms with Crippen molar-refractivity contribution in [1.29, 1.82) is 0 Å². The molecule has 108 valence electrons. The van der Waals surface area contributed by atoms with Crippen molar-refractivity contribution in [3.05, 3.63) is 30.1 Å². The van der Waals surface area contributed by atoms with E-state index in [-0.39, 0.29) is 5.75 Å². The van der Waals surface area contributed by atoms with Crippen LogP contribution in [0.5, 0.6) is 0 Å². The van der Waals surface area contributed by atoms with Gasteiger partial charge in [0.15, 0.2) is 0 Å². The minimum Gasteiger partial charge on any atom is -0.360 e. The van der Waals surface area contributed by atoms with E-state index in [0.29, 0.717) is 19.0 Å². The lowest BCUT2D eigenvalue weighted by Gasteiger charge is -2.30. The van der Waals surface area contributed by atoms with Crippen LogP contribution in [0, 0.1) is 0 Å². The molecule has 6 heteroatoms. The number of aromatic amines is 1. The number of sulfonamides is 1. The Labute approximate surface area is 119 Å². The second kappa shape index (κ2) is 5.18. The lowest BCUT2D eigenvalue weighted by atomic mass is 9.91. The first-order valence-corrected chi connectivity index (χ1v) is 8.62. The van der Waals surface area contributed by atoms with E-state index in [1.807, 2.05) is 18.3 Å². The number of fused-ring (bicyclic) bond motifs is 1. The molecule has 0 aromatic carbocycles. The number of nitrogens with one attached hydrogen (secondary N) is 1. The number of H-pyrrole nitrogens is 1. The van der Waals surface area contributed by atoms with Crippen molar-refractivity contribution in [3.8, 4) is 0 Å². The second-order valence-corrected chi connectivity index (χ2v) is 7.48. The van der Waals surface area contributed by atoms with Crippen LogP contribution in [0.15, 0.2) is 24.5 Å². The van der Waals surface area contributed by atoms with E-state index >= 15 is 0 Å². The highest BCUT2D eigenvalue weighted by Crippen LogP contribution is 2.32. The van der Waals surface area contributed by atoms with Gasteiger partial charge in [-0.15, -0.1) is 0 Å². The lowest BCUT2D eigenvalue weighted by Crippen LogP contribution is -2.38. The summed E-state index contributed by atoms with van der Waals surface area (Å²) in [6.45, 7) is 2.92. The normalized spacial score (nSPS) is 18.6. The van der Waals surface area contributed by atoms with Gasteiger partial charge in [0.25, 0.3) is 0 Å². The molecule has 1 aliphatic heterocycles.